The standard InChI is InChI=1S/C20H22FN5O/c1-24(2)18-8-6-16(7-9-18)17-4-3-5-19(10-17)25-14-23-26(20(25)27)13-15(11-21)12-22/h3-11,14H,12-13,22H2,1-2H3/b15-11+. The molecule has 0 unspecified atom stereocenters. The van der Waals surface area contributed by atoms with E-state index in [-0.39, 0.29) is 18.8 Å². The van der Waals surface area contributed by atoms with Crippen molar-refractivity contribution in [3.05, 3.63) is 77.2 Å². The molecule has 140 valence electrons. The first-order valence-corrected chi connectivity index (χ1v) is 8.54. The second kappa shape index (κ2) is 8.01. The van der Waals surface area contributed by atoms with E-state index in [4.69, 9.17) is 5.73 Å². The summed E-state index contributed by atoms with van der Waals surface area (Å²) in [5.74, 6) is 0. The Morgan fingerprint density at radius 2 is 1.93 bits per heavy atom. The molecule has 0 bridgehead atoms. The van der Waals surface area contributed by atoms with Gasteiger partial charge in [0.05, 0.1) is 18.6 Å². The van der Waals surface area contributed by atoms with Crippen LogP contribution in [0.5, 0.6) is 0 Å². The molecule has 6 nitrogen and oxygen atoms in total. The maximum absolute atomic E-state index is 12.7. The van der Waals surface area contributed by atoms with Gasteiger partial charge in [0.25, 0.3) is 0 Å². The fourth-order valence-corrected chi connectivity index (χ4v) is 2.75. The molecule has 1 aromatic heterocycles. The first kappa shape index (κ1) is 18.6. The lowest BCUT2D eigenvalue weighted by Crippen LogP contribution is -2.25. The summed E-state index contributed by atoms with van der Waals surface area (Å²) in [5.41, 5.74) is 9.26. The molecular formula is C20H22FN5O. The van der Waals surface area contributed by atoms with Crippen molar-refractivity contribution in [1.82, 2.24) is 14.3 Å². The first-order valence-electron chi connectivity index (χ1n) is 8.54. The molecule has 0 fully saturated rings. The van der Waals surface area contributed by atoms with Gasteiger partial charge in [-0.1, -0.05) is 24.3 Å². The summed E-state index contributed by atoms with van der Waals surface area (Å²) in [7, 11) is 3.99. The van der Waals surface area contributed by atoms with Crippen LogP contribution in [0.2, 0.25) is 0 Å². The monoisotopic (exact) mass is 367 g/mol. The van der Waals surface area contributed by atoms with Crippen LogP contribution in [0.3, 0.4) is 0 Å². The molecule has 2 aromatic carbocycles. The first-order chi connectivity index (χ1) is 13.0. The van der Waals surface area contributed by atoms with Crippen LogP contribution in [0.15, 0.2) is 71.6 Å². The Morgan fingerprint density at radius 1 is 1.19 bits per heavy atom. The summed E-state index contributed by atoms with van der Waals surface area (Å²) >= 11 is 0. The van der Waals surface area contributed by atoms with E-state index in [1.165, 1.54) is 15.6 Å². The Kier molecular flexibility index (Phi) is 5.52. The number of nitrogens with two attached hydrogens (primary N) is 1. The molecule has 7 heteroatoms. The van der Waals surface area contributed by atoms with Crippen LogP contribution in [-0.4, -0.2) is 35.0 Å². The van der Waals surface area contributed by atoms with E-state index >= 15 is 0 Å². The third kappa shape index (κ3) is 3.98. The molecular weight excluding hydrogens is 345 g/mol. The van der Waals surface area contributed by atoms with Crippen LogP contribution >= 0.6 is 0 Å². The predicted molar refractivity (Wildman–Crippen MR) is 106 cm³/mol. The van der Waals surface area contributed by atoms with Crippen LogP contribution in [0.1, 0.15) is 0 Å². The molecule has 3 aromatic rings. The second-order valence-corrected chi connectivity index (χ2v) is 6.40. The van der Waals surface area contributed by atoms with Gasteiger partial charge in [-0.25, -0.2) is 18.4 Å². The van der Waals surface area contributed by atoms with Gasteiger partial charge in [-0.2, -0.15) is 5.10 Å². The van der Waals surface area contributed by atoms with E-state index in [2.05, 4.69) is 5.10 Å². The molecule has 2 N–H and O–H groups in total. The lowest BCUT2D eigenvalue weighted by atomic mass is 10.0. The fourth-order valence-electron chi connectivity index (χ4n) is 2.75. The third-order valence-electron chi connectivity index (χ3n) is 4.34. The quantitative estimate of drug-likeness (QED) is 0.727. The van der Waals surface area contributed by atoms with Crippen LogP contribution < -0.4 is 16.3 Å². The van der Waals surface area contributed by atoms with Crippen LogP contribution in [0.25, 0.3) is 16.8 Å². The number of rotatable bonds is 6. The van der Waals surface area contributed by atoms with Crippen molar-refractivity contribution in [3.8, 4) is 16.8 Å². The fraction of sp³-hybridized carbons (Fsp3) is 0.200. The van der Waals surface area contributed by atoms with E-state index in [9.17, 15) is 9.18 Å². The Bertz CT molecular complexity index is 1000. The molecule has 1 heterocycles. The maximum Gasteiger partial charge on any atom is 0.350 e. The SMILES string of the molecule is CN(C)c1ccc(-c2cccc(-n3cnn(C/C(=C/F)CN)c3=O)c2)cc1. The summed E-state index contributed by atoms with van der Waals surface area (Å²) in [4.78, 5) is 14.6. The van der Waals surface area contributed by atoms with E-state index in [0.717, 1.165) is 16.8 Å². The Hall–Kier alpha value is -3.19. The van der Waals surface area contributed by atoms with Crippen molar-refractivity contribution in [3.63, 3.8) is 0 Å². The van der Waals surface area contributed by atoms with Gasteiger partial charge in [-0.05, 0) is 41.0 Å². The maximum atomic E-state index is 12.7. The zero-order valence-corrected chi connectivity index (χ0v) is 15.3. The van der Waals surface area contributed by atoms with Crippen molar-refractivity contribution >= 4 is 5.69 Å². The Balaban J connectivity index is 1.92. The molecule has 0 aliphatic rings. The van der Waals surface area contributed by atoms with Crippen LogP contribution in [0, 0.1) is 0 Å². The largest absolute Gasteiger partial charge is 0.378 e. The summed E-state index contributed by atoms with van der Waals surface area (Å²) < 4.78 is 15.4. The van der Waals surface area contributed by atoms with Gasteiger partial charge in [0.15, 0.2) is 0 Å². The minimum atomic E-state index is -0.345. The van der Waals surface area contributed by atoms with Gasteiger partial charge in [0.2, 0.25) is 0 Å². The topological polar surface area (TPSA) is 69.1 Å². The van der Waals surface area contributed by atoms with Crippen molar-refractivity contribution in [2.75, 3.05) is 25.5 Å². The van der Waals surface area contributed by atoms with Gasteiger partial charge in [-0.3, -0.25) is 0 Å². The van der Waals surface area contributed by atoms with Crippen molar-refractivity contribution < 1.29 is 4.39 Å². The molecule has 0 spiro atoms. The zero-order valence-electron chi connectivity index (χ0n) is 15.3. The normalized spacial score (nSPS) is 11.6. The highest BCUT2D eigenvalue weighted by Gasteiger charge is 2.09. The molecule has 0 radical (unpaired) electrons. The predicted octanol–water partition coefficient (Wildman–Crippen LogP) is 2.58. The van der Waals surface area contributed by atoms with E-state index in [0.29, 0.717) is 17.6 Å². The molecule has 27 heavy (non-hydrogen) atoms. The number of aromatic nitrogens is 3. The number of anilines is 1. The smallest absolute Gasteiger partial charge is 0.350 e. The van der Waals surface area contributed by atoms with E-state index in [1.54, 1.807) is 0 Å². The highest BCUT2D eigenvalue weighted by Crippen LogP contribution is 2.24. The van der Waals surface area contributed by atoms with Gasteiger partial charge < -0.3 is 10.6 Å². The van der Waals surface area contributed by atoms with E-state index in [1.807, 2.05) is 67.5 Å². The van der Waals surface area contributed by atoms with Crippen LogP contribution in [0.4, 0.5) is 10.1 Å². The van der Waals surface area contributed by atoms with E-state index < -0.39 is 0 Å². The minimum absolute atomic E-state index is 0.0323. The van der Waals surface area contributed by atoms with Gasteiger partial charge in [-0.15, -0.1) is 0 Å². The minimum Gasteiger partial charge on any atom is -0.378 e. The third-order valence-corrected chi connectivity index (χ3v) is 4.34. The Labute approximate surface area is 157 Å². The van der Waals surface area contributed by atoms with Gasteiger partial charge in [0, 0.05) is 26.3 Å². The van der Waals surface area contributed by atoms with Crippen LogP contribution in [-0.2, 0) is 6.54 Å². The lowest BCUT2D eigenvalue weighted by molar-refractivity contribution is 0.612. The molecule has 0 saturated heterocycles. The number of halogens is 1. The second-order valence-electron chi connectivity index (χ2n) is 6.40. The highest BCUT2D eigenvalue weighted by atomic mass is 19.1. The zero-order chi connectivity index (χ0) is 19.4. The van der Waals surface area contributed by atoms with Crippen molar-refractivity contribution in [1.29, 1.82) is 0 Å². The average molecular weight is 367 g/mol. The number of hydrogen-bond donors (Lipinski definition) is 1. The number of nitrogens with zero attached hydrogens (tertiary/aromatic N) is 4. The molecule has 3 rings (SSSR count). The molecule has 0 atom stereocenters. The summed E-state index contributed by atoms with van der Waals surface area (Å²) in [6.45, 7) is 0.0682. The Morgan fingerprint density at radius 3 is 2.56 bits per heavy atom. The highest BCUT2D eigenvalue weighted by molar-refractivity contribution is 5.68. The van der Waals surface area contributed by atoms with Gasteiger partial charge in [0.1, 0.15) is 6.33 Å². The molecule has 0 saturated carbocycles. The van der Waals surface area contributed by atoms with Crippen molar-refractivity contribution in [2.45, 2.75) is 6.54 Å². The summed E-state index contributed by atoms with van der Waals surface area (Å²) in [6, 6.07) is 15.8. The molecule has 0 aliphatic heterocycles. The number of hydrogen-bond acceptors (Lipinski definition) is 4. The summed E-state index contributed by atoms with van der Waals surface area (Å²) in [5, 5.41) is 4.06. The van der Waals surface area contributed by atoms with Gasteiger partial charge >= 0.3 is 5.69 Å². The average Bonchev–Trinajstić information content (AvgIpc) is 3.06. The summed E-state index contributed by atoms with van der Waals surface area (Å²) in [6.07, 6.45) is 1.85. The molecule has 0 aliphatic carbocycles. The van der Waals surface area contributed by atoms with Crippen molar-refractivity contribution in [2.24, 2.45) is 5.73 Å². The number of benzene rings is 2. The lowest BCUT2D eigenvalue weighted by Gasteiger charge is -2.13. The molecule has 0 amide bonds.